The van der Waals surface area contributed by atoms with E-state index in [9.17, 15) is 14.7 Å². The number of aryl methyl sites for hydroxylation is 2. The van der Waals surface area contributed by atoms with E-state index in [4.69, 9.17) is 14.5 Å². The van der Waals surface area contributed by atoms with E-state index in [2.05, 4.69) is 10.6 Å². The molecule has 184 valence electrons. The first kappa shape index (κ1) is 23.1. The highest BCUT2D eigenvalue weighted by Crippen LogP contribution is 2.41. The van der Waals surface area contributed by atoms with E-state index in [0.717, 1.165) is 92.5 Å². The summed E-state index contributed by atoms with van der Waals surface area (Å²) in [6.45, 7) is 2.88. The molecular formula is C26H35N3O5. The van der Waals surface area contributed by atoms with Gasteiger partial charge in [-0.05, 0) is 70.4 Å². The molecule has 8 nitrogen and oxygen atoms in total. The molecular weight excluding hydrogens is 434 g/mol. The Balaban J connectivity index is 1.57. The summed E-state index contributed by atoms with van der Waals surface area (Å²) in [5.41, 5.74) is 3.96. The van der Waals surface area contributed by atoms with E-state index in [1.807, 2.05) is 13.0 Å². The lowest BCUT2D eigenvalue weighted by Crippen LogP contribution is -2.42. The van der Waals surface area contributed by atoms with Crippen LogP contribution < -0.4 is 4.90 Å². The molecule has 2 fully saturated rings. The molecule has 1 aromatic carbocycles. The molecule has 8 heteroatoms. The van der Waals surface area contributed by atoms with Crippen LogP contribution in [0.15, 0.2) is 12.1 Å². The van der Waals surface area contributed by atoms with Crippen LogP contribution in [-0.2, 0) is 27.1 Å². The van der Waals surface area contributed by atoms with Crippen molar-refractivity contribution in [2.45, 2.75) is 89.3 Å². The average molecular weight is 470 g/mol. The summed E-state index contributed by atoms with van der Waals surface area (Å²) >= 11 is 0. The van der Waals surface area contributed by atoms with Crippen LogP contribution in [0.2, 0.25) is 0 Å². The number of anilines is 1. The zero-order valence-corrected chi connectivity index (χ0v) is 20.2. The van der Waals surface area contributed by atoms with Gasteiger partial charge in [0.25, 0.3) is 0 Å². The molecule has 34 heavy (non-hydrogen) atoms. The number of carbonyl (C=O) groups is 2. The van der Waals surface area contributed by atoms with Crippen molar-refractivity contribution in [3.05, 3.63) is 23.5 Å². The van der Waals surface area contributed by atoms with Crippen LogP contribution in [0.5, 0.6) is 0 Å². The van der Waals surface area contributed by atoms with Gasteiger partial charge in [0.2, 0.25) is 0 Å². The Morgan fingerprint density at radius 3 is 2.79 bits per heavy atom. The lowest BCUT2D eigenvalue weighted by atomic mass is 9.85. The highest BCUT2D eigenvalue weighted by molar-refractivity contribution is 5.95. The van der Waals surface area contributed by atoms with E-state index in [1.54, 1.807) is 4.90 Å². The fraction of sp³-hybridized carbons (Fsp3) is 0.654. The first-order valence-electron chi connectivity index (χ1n) is 12.7. The number of carboxylic acids is 1. The van der Waals surface area contributed by atoms with E-state index in [0.29, 0.717) is 6.42 Å². The van der Waals surface area contributed by atoms with Gasteiger partial charge in [0.05, 0.1) is 35.9 Å². The molecule has 1 aliphatic carbocycles. The SMILES string of the molecule is COC(=O)N1c2ccc3c(nc(CCC4CCCO4)n3[C@@H]3CCC[C@@H](C(=O)O)C3)c2CCC1C. The molecule has 1 amide bonds. The molecule has 0 spiro atoms. The van der Waals surface area contributed by atoms with Gasteiger partial charge in [0.15, 0.2) is 0 Å². The molecule has 0 radical (unpaired) electrons. The zero-order chi connectivity index (χ0) is 23.8. The number of methoxy groups -OCH3 is 1. The maximum atomic E-state index is 12.6. The number of amides is 1. The minimum atomic E-state index is -0.699. The van der Waals surface area contributed by atoms with Crippen molar-refractivity contribution in [1.29, 1.82) is 0 Å². The van der Waals surface area contributed by atoms with Crippen molar-refractivity contribution in [1.82, 2.24) is 9.55 Å². The summed E-state index contributed by atoms with van der Waals surface area (Å²) in [6, 6.07) is 4.27. The number of hydrogen-bond acceptors (Lipinski definition) is 5. The topological polar surface area (TPSA) is 93.9 Å². The number of aliphatic carboxylic acids is 1. The second kappa shape index (κ2) is 9.56. The number of carbonyl (C=O) groups excluding carboxylic acids is 1. The van der Waals surface area contributed by atoms with E-state index >= 15 is 0 Å². The Kier molecular flexibility index (Phi) is 6.51. The Morgan fingerprint density at radius 2 is 2.06 bits per heavy atom. The molecule has 3 aliphatic rings. The number of hydrogen-bond donors (Lipinski definition) is 1. The minimum absolute atomic E-state index is 0.0631. The van der Waals surface area contributed by atoms with Crippen LogP contribution in [0.3, 0.4) is 0 Å². The zero-order valence-electron chi connectivity index (χ0n) is 20.2. The highest BCUT2D eigenvalue weighted by Gasteiger charge is 2.34. The average Bonchev–Trinajstić information content (AvgIpc) is 3.49. The molecule has 1 N–H and O–H groups in total. The van der Waals surface area contributed by atoms with Gasteiger partial charge in [-0.1, -0.05) is 6.42 Å². The van der Waals surface area contributed by atoms with Crippen LogP contribution in [0, 0.1) is 5.92 Å². The Hall–Kier alpha value is -2.61. The third-order valence-corrected chi connectivity index (χ3v) is 7.97. The van der Waals surface area contributed by atoms with Crippen molar-refractivity contribution >= 4 is 28.8 Å². The van der Waals surface area contributed by atoms with Crippen molar-refractivity contribution in [3.8, 4) is 0 Å². The number of ether oxygens (including phenoxy) is 2. The maximum absolute atomic E-state index is 12.6. The molecule has 2 aromatic rings. The van der Waals surface area contributed by atoms with Crippen LogP contribution in [0.4, 0.5) is 10.5 Å². The van der Waals surface area contributed by atoms with Gasteiger partial charge in [-0.15, -0.1) is 0 Å². The fourth-order valence-corrected chi connectivity index (χ4v) is 6.19. The normalized spacial score (nSPS) is 27.1. The summed E-state index contributed by atoms with van der Waals surface area (Å²) in [6.07, 6.45) is 8.81. The minimum Gasteiger partial charge on any atom is -0.481 e. The molecule has 4 atom stereocenters. The van der Waals surface area contributed by atoms with Crippen molar-refractivity contribution in [3.63, 3.8) is 0 Å². The molecule has 0 bridgehead atoms. The summed E-state index contributed by atoms with van der Waals surface area (Å²) in [7, 11) is 1.42. The number of rotatable bonds is 5. The number of benzene rings is 1. The quantitative estimate of drug-likeness (QED) is 0.671. The molecule has 2 unspecified atom stereocenters. The molecule has 2 aliphatic heterocycles. The summed E-state index contributed by atoms with van der Waals surface area (Å²) in [4.78, 5) is 31.2. The first-order chi connectivity index (χ1) is 16.5. The van der Waals surface area contributed by atoms with Gasteiger partial charge in [-0.25, -0.2) is 9.78 Å². The number of fused-ring (bicyclic) bond motifs is 3. The largest absolute Gasteiger partial charge is 0.481 e. The van der Waals surface area contributed by atoms with Crippen molar-refractivity contribution in [2.75, 3.05) is 18.6 Å². The Bertz CT molecular complexity index is 1070. The number of aromatic nitrogens is 2. The Morgan fingerprint density at radius 1 is 1.21 bits per heavy atom. The van der Waals surface area contributed by atoms with Crippen LogP contribution >= 0.6 is 0 Å². The van der Waals surface area contributed by atoms with Gasteiger partial charge >= 0.3 is 12.1 Å². The van der Waals surface area contributed by atoms with Gasteiger partial charge in [0, 0.05) is 30.7 Å². The molecule has 1 saturated heterocycles. The molecule has 1 saturated carbocycles. The third-order valence-electron chi connectivity index (χ3n) is 7.97. The summed E-state index contributed by atoms with van der Waals surface area (Å²) < 4.78 is 13.3. The van der Waals surface area contributed by atoms with Gasteiger partial charge in [-0.2, -0.15) is 0 Å². The summed E-state index contributed by atoms with van der Waals surface area (Å²) in [5.74, 6) is 0.00352. The third kappa shape index (κ3) is 4.17. The van der Waals surface area contributed by atoms with E-state index in [-0.39, 0.29) is 30.2 Å². The Labute approximate surface area is 200 Å². The maximum Gasteiger partial charge on any atom is 0.414 e. The standard InChI is InChI=1S/C26H35N3O5/c1-16-8-10-20-21(28(16)26(32)33-2)11-12-22-24(20)27-23(13-9-19-7-4-14-34-19)29(22)18-6-3-5-17(15-18)25(30)31/h11-12,16-19H,3-10,13-15H2,1-2H3,(H,30,31)/t16?,17-,18-,19?/m1/s1. The molecule has 3 heterocycles. The van der Waals surface area contributed by atoms with E-state index in [1.165, 1.54) is 7.11 Å². The molecule has 5 rings (SSSR count). The van der Waals surface area contributed by atoms with E-state index < -0.39 is 5.97 Å². The second-order valence-corrected chi connectivity index (χ2v) is 10.1. The monoisotopic (exact) mass is 469 g/mol. The number of nitrogens with zero attached hydrogens (tertiary/aromatic N) is 3. The lowest BCUT2D eigenvalue weighted by molar-refractivity contribution is -0.143. The number of carboxylic acid groups (broad SMARTS) is 1. The van der Waals surface area contributed by atoms with Crippen LogP contribution in [0.25, 0.3) is 11.0 Å². The van der Waals surface area contributed by atoms with Crippen molar-refractivity contribution in [2.24, 2.45) is 5.92 Å². The smallest absolute Gasteiger partial charge is 0.414 e. The predicted molar refractivity (Wildman–Crippen MR) is 128 cm³/mol. The second-order valence-electron chi connectivity index (χ2n) is 10.1. The van der Waals surface area contributed by atoms with Gasteiger partial charge in [-0.3, -0.25) is 9.69 Å². The highest BCUT2D eigenvalue weighted by atomic mass is 16.5. The van der Waals surface area contributed by atoms with Crippen LogP contribution in [0.1, 0.15) is 75.7 Å². The first-order valence-corrected chi connectivity index (χ1v) is 12.7. The van der Waals surface area contributed by atoms with Crippen molar-refractivity contribution < 1.29 is 24.2 Å². The van der Waals surface area contributed by atoms with Gasteiger partial charge in [0.1, 0.15) is 5.82 Å². The lowest BCUT2D eigenvalue weighted by Gasteiger charge is -2.34. The predicted octanol–water partition coefficient (Wildman–Crippen LogP) is 4.87. The number of imidazole rings is 1. The molecule has 1 aromatic heterocycles. The summed E-state index contributed by atoms with van der Waals surface area (Å²) in [5, 5.41) is 9.68. The van der Waals surface area contributed by atoms with Crippen LogP contribution in [-0.4, -0.2) is 52.6 Å². The fourth-order valence-electron chi connectivity index (χ4n) is 6.19. The van der Waals surface area contributed by atoms with Gasteiger partial charge < -0.3 is 19.1 Å².